The average Bonchev–Trinajstić information content (AvgIpc) is 2.98. The highest BCUT2D eigenvalue weighted by Crippen LogP contribution is 2.26. The van der Waals surface area contributed by atoms with Crippen molar-refractivity contribution in [1.29, 1.82) is 0 Å². The van der Waals surface area contributed by atoms with Crippen molar-refractivity contribution in [3.8, 4) is 11.8 Å². The lowest BCUT2D eigenvalue weighted by Crippen LogP contribution is -2.03. The first kappa shape index (κ1) is 14.4. The number of nitrogens with zero attached hydrogens (tertiary/aromatic N) is 3. The topological polar surface area (TPSA) is 86.2 Å². The van der Waals surface area contributed by atoms with Crippen LogP contribution in [0.2, 0.25) is 0 Å². The van der Waals surface area contributed by atoms with Crippen LogP contribution in [0.5, 0.6) is 11.8 Å². The highest BCUT2D eigenvalue weighted by Gasteiger charge is 2.17. The number of amides is 1. The molecule has 1 aliphatic heterocycles. The second-order valence-electron chi connectivity index (χ2n) is 5.41. The number of anilines is 1. The Morgan fingerprint density at radius 2 is 2.12 bits per heavy atom. The number of methoxy groups -OCH3 is 1. The zero-order valence-corrected chi connectivity index (χ0v) is 12.9. The number of carbonyl (C=O) groups is 1. The summed E-state index contributed by atoms with van der Waals surface area (Å²) in [6.07, 6.45) is 1.82. The number of hydrogen-bond acceptors (Lipinski definition) is 6. The smallest absolute Gasteiger partial charge is 0.228 e. The van der Waals surface area contributed by atoms with Crippen LogP contribution in [0.3, 0.4) is 0 Å². The lowest BCUT2D eigenvalue weighted by atomic mass is 10.1. The van der Waals surface area contributed by atoms with Crippen molar-refractivity contribution in [2.24, 2.45) is 0 Å². The van der Waals surface area contributed by atoms with Gasteiger partial charge in [-0.3, -0.25) is 4.79 Å². The maximum atomic E-state index is 11.4. The monoisotopic (exact) mass is 322 g/mol. The molecule has 4 rings (SSSR count). The highest BCUT2D eigenvalue weighted by atomic mass is 16.5. The number of ether oxygens (including phenoxy) is 2. The van der Waals surface area contributed by atoms with Gasteiger partial charge < -0.3 is 14.8 Å². The maximum Gasteiger partial charge on any atom is 0.228 e. The Kier molecular flexibility index (Phi) is 3.45. The molecule has 0 aliphatic carbocycles. The van der Waals surface area contributed by atoms with Gasteiger partial charge in [0, 0.05) is 11.8 Å². The van der Waals surface area contributed by atoms with E-state index in [9.17, 15) is 4.79 Å². The van der Waals surface area contributed by atoms with Crippen LogP contribution in [0.1, 0.15) is 11.1 Å². The van der Waals surface area contributed by atoms with Crippen molar-refractivity contribution in [3.63, 3.8) is 0 Å². The van der Waals surface area contributed by atoms with Crippen LogP contribution in [0.4, 0.5) is 5.69 Å². The van der Waals surface area contributed by atoms with E-state index < -0.39 is 0 Å². The molecule has 0 unspecified atom stereocenters. The first-order chi connectivity index (χ1) is 11.7. The summed E-state index contributed by atoms with van der Waals surface area (Å²) in [4.78, 5) is 24.0. The van der Waals surface area contributed by atoms with E-state index in [0.29, 0.717) is 30.4 Å². The van der Waals surface area contributed by atoms with Gasteiger partial charge in [-0.2, -0.15) is 4.98 Å². The van der Waals surface area contributed by atoms with Gasteiger partial charge in [0.25, 0.3) is 0 Å². The normalized spacial score (nSPS) is 12.8. The lowest BCUT2D eigenvalue weighted by Gasteiger charge is -2.09. The predicted molar refractivity (Wildman–Crippen MR) is 87.0 cm³/mol. The summed E-state index contributed by atoms with van der Waals surface area (Å²) < 4.78 is 10.9. The molecule has 2 aromatic heterocycles. The average molecular weight is 322 g/mol. The molecule has 24 heavy (non-hydrogen) atoms. The lowest BCUT2D eigenvalue weighted by molar-refractivity contribution is -0.115. The van der Waals surface area contributed by atoms with E-state index in [-0.39, 0.29) is 5.91 Å². The summed E-state index contributed by atoms with van der Waals surface area (Å²) in [5.74, 6) is 0.970. The van der Waals surface area contributed by atoms with Gasteiger partial charge in [0.15, 0.2) is 5.65 Å². The molecule has 3 heterocycles. The third-order valence-electron chi connectivity index (χ3n) is 3.81. The van der Waals surface area contributed by atoms with Crippen LogP contribution in [0.25, 0.3) is 11.0 Å². The number of benzene rings is 1. The Balaban J connectivity index is 1.57. The number of hydrogen-bond donors (Lipinski definition) is 1. The Hall–Kier alpha value is -3.22. The Bertz CT molecular complexity index is 942. The Morgan fingerprint density at radius 3 is 3.00 bits per heavy atom. The number of pyridine rings is 1. The summed E-state index contributed by atoms with van der Waals surface area (Å²) >= 11 is 0. The molecule has 0 atom stereocenters. The zero-order chi connectivity index (χ0) is 16.5. The van der Waals surface area contributed by atoms with E-state index in [2.05, 4.69) is 20.3 Å². The minimum absolute atomic E-state index is 0.0184. The molecule has 0 fully saturated rings. The first-order valence-electron chi connectivity index (χ1n) is 7.43. The molecular weight excluding hydrogens is 308 g/mol. The summed E-state index contributed by atoms with van der Waals surface area (Å²) in [6, 6.07) is 9.35. The third kappa shape index (κ3) is 2.60. The van der Waals surface area contributed by atoms with E-state index in [4.69, 9.17) is 9.47 Å². The zero-order valence-electron chi connectivity index (χ0n) is 12.9. The van der Waals surface area contributed by atoms with Gasteiger partial charge in [0.1, 0.15) is 12.9 Å². The second-order valence-corrected chi connectivity index (χ2v) is 5.41. The van der Waals surface area contributed by atoms with Gasteiger partial charge in [-0.1, -0.05) is 6.07 Å². The molecule has 0 bridgehead atoms. The highest BCUT2D eigenvalue weighted by molar-refractivity contribution is 5.99. The molecule has 0 spiro atoms. The SMILES string of the molecule is COc1ccc2c(OCc3ccc4c(c3)CC(=O)N4)ncnc2n1. The first-order valence-corrected chi connectivity index (χ1v) is 7.43. The molecule has 120 valence electrons. The van der Waals surface area contributed by atoms with Gasteiger partial charge >= 0.3 is 0 Å². The van der Waals surface area contributed by atoms with Crippen LogP contribution in [0.15, 0.2) is 36.7 Å². The number of carbonyl (C=O) groups excluding carboxylic acids is 1. The van der Waals surface area contributed by atoms with E-state index in [1.165, 1.54) is 6.33 Å². The minimum Gasteiger partial charge on any atom is -0.481 e. The summed E-state index contributed by atoms with van der Waals surface area (Å²) in [5.41, 5.74) is 3.34. The molecule has 3 aromatic rings. The van der Waals surface area contributed by atoms with Gasteiger partial charge in [-0.05, 0) is 29.3 Å². The number of nitrogens with one attached hydrogen (secondary N) is 1. The van der Waals surface area contributed by atoms with E-state index >= 15 is 0 Å². The minimum atomic E-state index is 0.0184. The molecule has 1 aliphatic rings. The van der Waals surface area contributed by atoms with Crippen LogP contribution in [0, 0.1) is 0 Å². The number of rotatable bonds is 4. The second kappa shape index (κ2) is 5.77. The molecule has 0 saturated heterocycles. The maximum absolute atomic E-state index is 11.4. The fourth-order valence-corrected chi connectivity index (χ4v) is 2.65. The molecule has 0 saturated carbocycles. The van der Waals surface area contributed by atoms with Gasteiger partial charge in [0.05, 0.1) is 18.9 Å². The van der Waals surface area contributed by atoms with Crippen molar-refractivity contribution in [1.82, 2.24) is 15.0 Å². The van der Waals surface area contributed by atoms with Crippen molar-refractivity contribution in [3.05, 3.63) is 47.8 Å². The van der Waals surface area contributed by atoms with Gasteiger partial charge in [0.2, 0.25) is 17.7 Å². The molecule has 1 N–H and O–H groups in total. The Morgan fingerprint density at radius 1 is 1.21 bits per heavy atom. The molecule has 7 nitrogen and oxygen atoms in total. The van der Waals surface area contributed by atoms with Crippen LogP contribution in [-0.4, -0.2) is 28.0 Å². The quantitative estimate of drug-likeness (QED) is 0.791. The largest absolute Gasteiger partial charge is 0.481 e. The molecular formula is C17H14N4O3. The standard InChI is InChI=1S/C17H14N4O3/c1-23-15-5-3-12-16(21-15)18-9-19-17(12)24-8-10-2-4-13-11(6-10)7-14(22)20-13/h2-6,9H,7-8H2,1H3,(H,20,22). The van der Waals surface area contributed by atoms with Crippen LogP contribution < -0.4 is 14.8 Å². The Labute approximate surface area is 137 Å². The summed E-state index contributed by atoms with van der Waals surface area (Å²) in [7, 11) is 1.56. The van der Waals surface area contributed by atoms with Gasteiger partial charge in [-0.15, -0.1) is 0 Å². The fraction of sp³-hybridized carbons (Fsp3) is 0.176. The van der Waals surface area contributed by atoms with Crippen molar-refractivity contribution in [2.45, 2.75) is 13.0 Å². The van der Waals surface area contributed by atoms with E-state index in [0.717, 1.165) is 22.2 Å². The number of aromatic nitrogens is 3. The molecule has 0 radical (unpaired) electrons. The molecule has 7 heteroatoms. The summed E-state index contributed by atoms with van der Waals surface area (Å²) in [5, 5.41) is 3.53. The van der Waals surface area contributed by atoms with Gasteiger partial charge in [-0.25, -0.2) is 9.97 Å². The van der Waals surface area contributed by atoms with E-state index in [1.54, 1.807) is 13.2 Å². The third-order valence-corrected chi connectivity index (χ3v) is 3.81. The van der Waals surface area contributed by atoms with E-state index in [1.807, 2.05) is 24.3 Å². The van der Waals surface area contributed by atoms with Crippen molar-refractivity contribution < 1.29 is 14.3 Å². The molecule has 1 aromatic carbocycles. The number of fused-ring (bicyclic) bond motifs is 2. The van der Waals surface area contributed by atoms with Crippen LogP contribution >= 0.6 is 0 Å². The molecule has 1 amide bonds. The van der Waals surface area contributed by atoms with Crippen molar-refractivity contribution in [2.75, 3.05) is 12.4 Å². The summed E-state index contributed by atoms with van der Waals surface area (Å²) in [6.45, 7) is 0.347. The fourth-order valence-electron chi connectivity index (χ4n) is 2.65. The predicted octanol–water partition coefficient (Wildman–Crippen LogP) is 2.11. The van der Waals surface area contributed by atoms with Crippen LogP contribution in [-0.2, 0) is 17.8 Å². The van der Waals surface area contributed by atoms with Crippen molar-refractivity contribution >= 4 is 22.6 Å².